The third-order valence-corrected chi connectivity index (χ3v) is 0. The minimum Gasteiger partial charge on any atom is -0.786 e. The first-order chi connectivity index (χ1) is 7.41. The van der Waals surface area contributed by atoms with Crippen LogP contribution in [-0.4, -0.2) is 0 Å². The summed E-state index contributed by atoms with van der Waals surface area (Å²) in [7, 11) is -16.9. The molecule has 10 nitrogen and oxygen atoms in total. The summed E-state index contributed by atoms with van der Waals surface area (Å²) in [5.74, 6) is 0. The minimum atomic E-state index is -5.64. The zero-order valence-electron chi connectivity index (χ0n) is 8.76. The Balaban J connectivity index is -0.0000000321. The standard InChI is InChI=1S/F2O.3FH2O3P.Na.V/c1-3-2;3*1-5(2,3)4;;/h;3*(H2,2,3,4);;/q;;;;+1;+5/p-6. The Kier molecular flexibility index (Phi) is 35.2. The molecule has 20 heavy (non-hydrogen) atoms. The van der Waals surface area contributed by atoms with Crippen LogP contribution in [-0.2, 0) is 37.4 Å². The van der Waals surface area contributed by atoms with Crippen molar-refractivity contribution in [3.63, 3.8) is 0 Å². The zero-order valence-corrected chi connectivity index (χ0v) is 14.8. The Morgan fingerprint density at radius 2 is 0.650 bits per heavy atom. The van der Waals surface area contributed by atoms with Crippen LogP contribution in [0.3, 0.4) is 0 Å². The van der Waals surface area contributed by atoms with E-state index in [2.05, 4.69) is 0 Å². The van der Waals surface area contributed by atoms with Crippen LogP contribution >= 0.6 is 23.7 Å². The molecule has 0 heterocycles. The van der Waals surface area contributed by atoms with E-state index in [1.54, 1.807) is 0 Å². The van der Waals surface area contributed by atoms with E-state index in [9.17, 15) is 12.6 Å². The van der Waals surface area contributed by atoms with Crippen LogP contribution in [0.4, 0.5) is 21.6 Å². The Morgan fingerprint density at radius 3 is 0.650 bits per heavy atom. The van der Waals surface area contributed by atoms with Crippen LogP contribution in [0.5, 0.6) is 0 Å². The molecule has 0 amide bonds. The molecule has 0 bridgehead atoms. The van der Waals surface area contributed by atoms with Gasteiger partial charge in [-0.15, -0.1) is 0 Å². The summed E-state index contributed by atoms with van der Waals surface area (Å²) < 4.78 is 74.0. The second-order valence-electron chi connectivity index (χ2n) is 1.35. The average Bonchev–Trinajstić information content (AvgIpc) is 1.71. The van der Waals surface area contributed by atoms with Crippen molar-refractivity contribution in [2.75, 3.05) is 0 Å². The summed E-state index contributed by atoms with van der Waals surface area (Å²) in [6, 6.07) is 0. The summed E-state index contributed by atoms with van der Waals surface area (Å²) in [6.07, 6.45) is 0. The van der Waals surface area contributed by atoms with Gasteiger partial charge < -0.3 is 43.1 Å². The molecule has 0 rings (SSSR count). The normalized spacial score (nSPS) is 9.75. The molecule has 0 aromatic heterocycles. The summed E-state index contributed by atoms with van der Waals surface area (Å²) in [5.41, 5.74) is 0. The van der Waals surface area contributed by atoms with Crippen molar-refractivity contribution in [2.45, 2.75) is 0 Å². The molecule has 0 aliphatic heterocycles. The molecule has 0 N–H and O–H groups in total. The van der Waals surface area contributed by atoms with Gasteiger partial charge in [-0.3, -0.25) is 0 Å². The summed E-state index contributed by atoms with van der Waals surface area (Å²) in [4.78, 5) is 50.6. The number of halogens is 5. The van der Waals surface area contributed by atoms with E-state index >= 15 is 0 Å². The van der Waals surface area contributed by atoms with Gasteiger partial charge in [-0.05, 0) is 9.05 Å². The van der Waals surface area contributed by atoms with Gasteiger partial charge >= 0.3 is 48.1 Å². The van der Waals surface area contributed by atoms with Crippen LogP contribution in [0, 0.1) is 0 Å². The third-order valence-electron chi connectivity index (χ3n) is 0. The van der Waals surface area contributed by atoms with E-state index in [-0.39, 0.29) is 48.1 Å². The van der Waals surface area contributed by atoms with E-state index in [4.69, 9.17) is 52.1 Å². The zero-order chi connectivity index (χ0) is 16.2. The molecule has 116 valence electrons. The maximum absolute atomic E-state index is 10.1. The fourth-order valence-electron chi connectivity index (χ4n) is 0. The Labute approximate surface area is 141 Å². The smallest absolute Gasteiger partial charge is 0.786 e. The fraction of sp³-hybridized carbons (Fsp3) is 0. The molecule has 0 radical (unpaired) electrons. The maximum Gasteiger partial charge on any atom is 5.00 e. The first-order valence-corrected chi connectivity index (χ1v) is 6.76. The van der Waals surface area contributed by atoms with E-state index in [1.807, 2.05) is 0 Å². The van der Waals surface area contributed by atoms with Gasteiger partial charge in [-0.2, -0.15) is 0 Å². The van der Waals surface area contributed by atoms with Crippen LogP contribution in [0.15, 0.2) is 0 Å². The number of hydrogen-bond acceptors (Lipinski definition) is 10. The molecular weight excluding hydrogens is 422 g/mol. The molecule has 0 fully saturated rings. The minimum absolute atomic E-state index is 0. The van der Waals surface area contributed by atoms with E-state index in [0.717, 1.165) is 0 Å². The van der Waals surface area contributed by atoms with Crippen LogP contribution in [0.2, 0.25) is 0 Å². The van der Waals surface area contributed by atoms with Gasteiger partial charge in [0.25, 0.3) is 0 Å². The summed E-state index contributed by atoms with van der Waals surface area (Å²) in [6.45, 7) is 0. The van der Waals surface area contributed by atoms with Crippen molar-refractivity contribution in [3.8, 4) is 0 Å². The van der Waals surface area contributed by atoms with Gasteiger partial charge in [-0.1, -0.05) is 0 Å². The van der Waals surface area contributed by atoms with Crippen LogP contribution in [0.25, 0.3) is 0 Å². The maximum atomic E-state index is 10.1. The van der Waals surface area contributed by atoms with Gasteiger partial charge in [0, 0.05) is 5.15 Å². The molecule has 0 aromatic carbocycles. The average molecular weight is 422 g/mol. The van der Waals surface area contributed by atoms with Crippen molar-refractivity contribution < 1.29 is 118 Å². The number of hydrogen-bond donors (Lipinski definition) is 0. The van der Waals surface area contributed by atoms with E-state index in [0.29, 0.717) is 0 Å². The van der Waals surface area contributed by atoms with Gasteiger partial charge in [-0.25, -0.2) is 12.6 Å². The fourth-order valence-corrected chi connectivity index (χ4v) is 0. The van der Waals surface area contributed by atoms with Gasteiger partial charge in [0.05, 0.1) is 0 Å². The SMILES string of the molecule is FOF.O=P([O-])([O-])F.O=P([O-])([O-])F.O=P([O-])([O-])F.[Na+].[V+5]. The molecule has 0 aliphatic rings. The molecule has 0 atom stereocenters. The molecule has 0 aromatic rings. The predicted octanol–water partition coefficient (Wildman–Crippen LogP) is -5.87. The topological polar surface area (TPSA) is 199 Å². The molecule has 20 heteroatoms. The van der Waals surface area contributed by atoms with Gasteiger partial charge in [0.2, 0.25) is 0 Å². The summed E-state index contributed by atoms with van der Waals surface area (Å²) in [5, 5.41) is 1.25. The molecule has 0 saturated heterocycles. The van der Waals surface area contributed by atoms with Gasteiger partial charge in [0.15, 0.2) is 0 Å². The Morgan fingerprint density at radius 1 is 0.650 bits per heavy atom. The van der Waals surface area contributed by atoms with E-state index in [1.165, 1.54) is 5.15 Å². The van der Waals surface area contributed by atoms with Crippen molar-refractivity contribution in [2.24, 2.45) is 0 Å². The summed E-state index contributed by atoms with van der Waals surface area (Å²) >= 11 is 0. The van der Waals surface area contributed by atoms with Crippen molar-refractivity contribution in [1.29, 1.82) is 0 Å². The molecule has 0 unspecified atom stereocenters. The molecule has 0 aliphatic carbocycles. The first-order valence-electron chi connectivity index (χ1n) is 2.46. The van der Waals surface area contributed by atoms with Crippen molar-refractivity contribution in [3.05, 3.63) is 0 Å². The van der Waals surface area contributed by atoms with Crippen molar-refractivity contribution in [1.82, 2.24) is 0 Å². The number of rotatable bonds is 0. The Hall–Kier alpha value is 1.64. The van der Waals surface area contributed by atoms with Crippen LogP contribution < -0.4 is 58.9 Å². The quantitative estimate of drug-likeness (QED) is 0.206. The molecular formula is F5NaO10P3V. The monoisotopic (exact) mass is 422 g/mol. The van der Waals surface area contributed by atoms with E-state index < -0.39 is 23.7 Å². The third kappa shape index (κ3) is 2530. The molecule has 0 saturated carbocycles. The van der Waals surface area contributed by atoms with Crippen molar-refractivity contribution >= 4 is 23.7 Å². The predicted molar refractivity (Wildman–Crippen MR) is 29.4 cm³/mol. The van der Waals surface area contributed by atoms with Crippen LogP contribution in [0.1, 0.15) is 0 Å². The second kappa shape index (κ2) is 18.7. The first kappa shape index (κ1) is 37.7. The van der Waals surface area contributed by atoms with Gasteiger partial charge in [0.1, 0.15) is 23.7 Å². The second-order valence-corrected chi connectivity index (χ2v) is 3.93. The molecule has 0 spiro atoms. The Bertz CT molecular complexity index is 236. The largest absolute Gasteiger partial charge is 5.00 e.